The lowest BCUT2D eigenvalue weighted by atomic mass is 10.1. The van der Waals surface area contributed by atoms with E-state index < -0.39 is 0 Å². The van der Waals surface area contributed by atoms with E-state index in [1.165, 1.54) is 5.56 Å². The van der Waals surface area contributed by atoms with E-state index in [0.717, 1.165) is 43.4 Å². The summed E-state index contributed by atoms with van der Waals surface area (Å²) in [5, 5.41) is 6.59. The number of hydrogen-bond acceptors (Lipinski definition) is 4. The van der Waals surface area contributed by atoms with E-state index in [0.29, 0.717) is 13.2 Å². The summed E-state index contributed by atoms with van der Waals surface area (Å²) in [5.41, 5.74) is 1.23. The van der Waals surface area contributed by atoms with Gasteiger partial charge in [0.25, 0.3) is 0 Å². The number of hydrogen-bond donors (Lipinski definition) is 2. The maximum Gasteiger partial charge on any atom is 0.191 e. The molecule has 0 aliphatic carbocycles. The second-order valence-electron chi connectivity index (χ2n) is 5.78. The Morgan fingerprint density at radius 1 is 1.19 bits per heavy atom. The average Bonchev–Trinajstić information content (AvgIpc) is 2.59. The minimum atomic E-state index is 0. The highest BCUT2D eigenvalue weighted by atomic mass is 127. The highest BCUT2D eigenvalue weighted by Gasteiger charge is 2.06. The molecule has 0 aliphatic heterocycles. The highest BCUT2D eigenvalue weighted by molar-refractivity contribution is 14.0. The van der Waals surface area contributed by atoms with Crippen LogP contribution in [0, 0.1) is 0 Å². The fourth-order valence-corrected chi connectivity index (χ4v) is 2.46. The summed E-state index contributed by atoms with van der Waals surface area (Å²) in [4.78, 5) is 4.63. The first-order valence-corrected chi connectivity index (χ1v) is 8.98. The average molecular weight is 479 g/mol. The van der Waals surface area contributed by atoms with Gasteiger partial charge in [-0.15, -0.1) is 24.0 Å². The summed E-state index contributed by atoms with van der Waals surface area (Å²) in [6.45, 7) is 8.97. The summed E-state index contributed by atoms with van der Waals surface area (Å²) in [6.07, 6.45) is 1.91. The first kappa shape index (κ1) is 24.8. The maximum absolute atomic E-state index is 5.63. The first-order chi connectivity index (χ1) is 12.1. The van der Waals surface area contributed by atoms with Gasteiger partial charge in [0.2, 0.25) is 0 Å². The Balaban J connectivity index is 0.00000625. The Hall–Kier alpha value is -1.22. The van der Waals surface area contributed by atoms with Gasteiger partial charge in [-0.3, -0.25) is 4.99 Å². The molecule has 0 saturated carbocycles. The van der Waals surface area contributed by atoms with E-state index in [4.69, 9.17) is 14.2 Å². The summed E-state index contributed by atoms with van der Waals surface area (Å²) in [7, 11) is 3.36. The lowest BCUT2D eigenvalue weighted by Crippen LogP contribution is -2.44. The standard InChI is InChI=1S/C19H33N3O3.HI/c1-6-20-19(22-15(3)14-23-4)21-12-8-9-16-10-11-17(24-5)18(13-16)25-7-2;/h10-11,13,15H,6-9,12,14H2,1-5H3,(H2,20,21,22);1H. The fourth-order valence-electron chi connectivity index (χ4n) is 2.46. The van der Waals surface area contributed by atoms with Crippen molar-refractivity contribution in [3.8, 4) is 11.5 Å². The second kappa shape index (κ2) is 14.9. The van der Waals surface area contributed by atoms with Crippen LogP contribution in [0.4, 0.5) is 0 Å². The summed E-state index contributed by atoms with van der Waals surface area (Å²) in [6, 6.07) is 6.31. The number of nitrogens with one attached hydrogen (secondary N) is 2. The Morgan fingerprint density at radius 2 is 1.96 bits per heavy atom. The normalized spacial score (nSPS) is 12.1. The third-order valence-corrected chi connectivity index (χ3v) is 3.57. The van der Waals surface area contributed by atoms with Gasteiger partial charge in [0.05, 0.1) is 20.3 Å². The molecule has 26 heavy (non-hydrogen) atoms. The fraction of sp³-hybridized carbons (Fsp3) is 0.632. The van der Waals surface area contributed by atoms with Crippen molar-refractivity contribution in [3.63, 3.8) is 0 Å². The van der Waals surface area contributed by atoms with E-state index in [-0.39, 0.29) is 30.0 Å². The monoisotopic (exact) mass is 479 g/mol. The third-order valence-electron chi connectivity index (χ3n) is 3.57. The molecule has 0 heterocycles. The first-order valence-electron chi connectivity index (χ1n) is 8.98. The van der Waals surface area contributed by atoms with Crippen LogP contribution in [-0.4, -0.2) is 52.5 Å². The molecule has 1 atom stereocenters. The van der Waals surface area contributed by atoms with Crippen molar-refractivity contribution in [3.05, 3.63) is 23.8 Å². The molecule has 0 bridgehead atoms. The zero-order valence-corrected chi connectivity index (χ0v) is 19.0. The predicted molar refractivity (Wildman–Crippen MR) is 118 cm³/mol. The van der Waals surface area contributed by atoms with Gasteiger partial charge < -0.3 is 24.8 Å². The van der Waals surface area contributed by atoms with Crippen molar-refractivity contribution < 1.29 is 14.2 Å². The molecule has 2 N–H and O–H groups in total. The van der Waals surface area contributed by atoms with Crippen LogP contribution in [0.1, 0.15) is 32.8 Å². The largest absolute Gasteiger partial charge is 0.493 e. The molecule has 150 valence electrons. The van der Waals surface area contributed by atoms with Gasteiger partial charge in [-0.2, -0.15) is 0 Å². The Morgan fingerprint density at radius 3 is 2.58 bits per heavy atom. The summed E-state index contributed by atoms with van der Waals surface area (Å²) < 4.78 is 16.1. The predicted octanol–water partition coefficient (Wildman–Crippen LogP) is 3.23. The minimum Gasteiger partial charge on any atom is -0.493 e. The molecule has 0 radical (unpaired) electrons. The number of halogens is 1. The maximum atomic E-state index is 5.63. The van der Waals surface area contributed by atoms with Crippen molar-refractivity contribution in [2.24, 2.45) is 4.99 Å². The number of rotatable bonds is 11. The van der Waals surface area contributed by atoms with Crippen LogP contribution >= 0.6 is 24.0 Å². The zero-order valence-electron chi connectivity index (χ0n) is 16.6. The molecule has 0 aliphatic rings. The van der Waals surface area contributed by atoms with E-state index in [9.17, 15) is 0 Å². The molecule has 7 heteroatoms. The molecular formula is C19H34IN3O3. The number of guanidine groups is 1. The Bertz CT molecular complexity index is 527. The second-order valence-corrected chi connectivity index (χ2v) is 5.78. The molecule has 0 spiro atoms. The lowest BCUT2D eigenvalue weighted by Gasteiger charge is -2.17. The number of aliphatic imine (C=N–C) groups is 1. The Labute approximate surface area is 175 Å². The number of nitrogens with zero attached hydrogens (tertiary/aromatic N) is 1. The topological polar surface area (TPSA) is 64.1 Å². The van der Waals surface area contributed by atoms with Crippen LogP contribution in [0.2, 0.25) is 0 Å². The number of ether oxygens (including phenoxy) is 3. The van der Waals surface area contributed by atoms with Crippen molar-refractivity contribution in [1.82, 2.24) is 10.6 Å². The van der Waals surface area contributed by atoms with Crippen LogP contribution < -0.4 is 20.1 Å². The van der Waals surface area contributed by atoms with Crippen LogP contribution in [0.3, 0.4) is 0 Å². The van der Waals surface area contributed by atoms with Gasteiger partial charge in [-0.05, 0) is 51.3 Å². The number of aryl methyl sites for hydroxylation is 1. The van der Waals surface area contributed by atoms with E-state index >= 15 is 0 Å². The summed E-state index contributed by atoms with van der Waals surface area (Å²) >= 11 is 0. The van der Waals surface area contributed by atoms with E-state index in [1.54, 1.807) is 14.2 Å². The van der Waals surface area contributed by atoms with Crippen molar-refractivity contribution >= 4 is 29.9 Å². The number of benzene rings is 1. The van der Waals surface area contributed by atoms with Gasteiger partial charge >= 0.3 is 0 Å². The Kier molecular flexibility index (Phi) is 14.2. The molecule has 0 fully saturated rings. The van der Waals surface area contributed by atoms with Crippen molar-refractivity contribution in [2.75, 3.05) is 40.5 Å². The SMILES string of the molecule is CCNC(=NCCCc1ccc(OC)c(OCC)c1)NC(C)COC.I. The molecule has 0 amide bonds. The minimum absolute atomic E-state index is 0. The van der Waals surface area contributed by atoms with Crippen molar-refractivity contribution in [2.45, 2.75) is 39.7 Å². The van der Waals surface area contributed by atoms with Crippen LogP contribution in [0.15, 0.2) is 23.2 Å². The molecule has 0 saturated heterocycles. The zero-order chi connectivity index (χ0) is 18.5. The molecular weight excluding hydrogens is 445 g/mol. The molecule has 1 aromatic carbocycles. The molecule has 1 rings (SSSR count). The lowest BCUT2D eigenvalue weighted by molar-refractivity contribution is 0.179. The van der Waals surface area contributed by atoms with Crippen LogP contribution in [0.25, 0.3) is 0 Å². The van der Waals surface area contributed by atoms with Gasteiger partial charge in [-0.1, -0.05) is 6.07 Å². The summed E-state index contributed by atoms with van der Waals surface area (Å²) in [5.74, 6) is 2.40. The molecule has 6 nitrogen and oxygen atoms in total. The van der Waals surface area contributed by atoms with Gasteiger partial charge in [-0.25, -0.2) is 0 Å². The van der Waals surface area contributed by atoms with Crippen LogP contribution in [0.5, 0.6) is 11.5 Å². The van der Waals surface area contributed by atoms with Gasteiger partial charge in [0.15, 0.2) is 17.5 Å². The van der Waals surface area contributed by atoms with Gasteiger partial charge in [0, 0.05) is 26.2 Å². The van der Waals surface area contributed by atoms with E-state index in [1.807, 2.05) is 13.0 Å². The third kappa shape index (κ3) is 9.47. The quantitative estimate of drug-likeness (QED) is 0.221. The highest BCUT2D eigenvalue weighted by Crippen LogP contribution is 2.28. The van der Waals surface area contributed by atoms with Crippen molar-refractivity contribution in [1.29, 1.82) is 0 Å². The molecule has 0 aromatic heterocycles. The number of methoxy groups -OCH3 is 2. The van der Waals surface area contributed by atoms with Crippen LogP contribution in [-0.2, 0) is 11.2 Å². The van der Waals surface area contributed by atoms with Gasteiger partial charge in [0.1, 0.15) is 0 Å². The molecule has 1 unspecified atom stereocenters. The molecule has 1 aromatic rings. The smallest absolute Gasteiger partial charge is 0.191 e. The van der Waals surface area contributed by atoms with E-state index in [2.05, 4.69) is 41.6 Å².